The van der Waals surface area contributed by atoms with Gasteiger partial charge < -0.3 is 10.3 Å². The Balaban J connectivity index is 1.98. The highest BCUT2D eigenvalue weighted by atomic mass is 16.4. The molecule has 0 radical (unpaired) electrons. The molecule has 2 aliphatic carbocycles. The van der Waals surface area contributed by atoms with Crippen LogP contribution in [-0.2, 0) is 6.61 Å². The van der Waals surface area contributed by atoms with Gasteiger partial charge in [0.15, 0.2) is 0 Å². The smallest absolute Gasteiger partial charge is 0.0681 e. The molecule has 0 aliphatic heterocycles. The van der Waals surface area contributed by atoms with E-state index < -0.39 is 0 Å². The highest BCUT2D eigenvalue weighted by Crippen LogP contribution is 2.46. The molecule has 1 atom stereocenters. The fourth-order valence-corrected chi connectivity index (χ4v) is 3.95. The summed E-state index contributed by atoms with van der Waals surface area (Å²) in [4.78, 5) is 0. The molecule has 21 heavy (non-hydrogen) atoms. The van der Waals surface area contributed by atoms with E-state index >= 15 is 0 Å². The van der Waals surface area contributed by atoms with Crippen LogP contribution in [0.3, 0.4) is 0 Å². The molecule has 3 rings (SSSR count). The minimum absolute atomic E-state index is 0.0797. The molecule has 0 bridgehead atoms. The molecule has 1 fully saturated rings. The van der Waals surface area contributed by atoms with Crippen LogP contribution in [-0.4, -0.2) is 16.5 Å². The fourth-order valence-electron chi connectivity index (χ4n) is 3.95. The molecule has 1 saturated carbocycles. The third-order valence-corrected chi connectivity index (χ3v) is 4.98. The SMILES string of the molecule is OCc1ccc(C2=C(C3CCCC3)CCC2C=NO)cc1. The second-order valence-electron chi connectivity index (χ2n) is 6.19. The minimum atomic E-state index is 0.0797. The van der Waals surface area contributed by atoms with Gasteiger partial charge >= 0.3 is 0 Å². The van der Waals surface area contributed by atoms with Crippen molar-refractivity contribution in [2.75, 3.05) is 0 Å². The number of aliphatic hydroxyl groups excluding tert-OH is 1. The third kappa shape index (κ3) is 2.88. The molecular formula is C18H23NO2. The second-order valence-corrected chi connectivity index (χ2v) is 6.19. The van der Waals surface area contributed by atoms with Gasteiger partial charge in [-0.25, -0.2) is 0 Å². The van der Waals surface area contributed by atoms with E-state index in [2.05, 4.69) is 17.3 Å². The summed E-state index contributed by atoms with van der Waals surface area (Å²) in [6.07, 6.45) is 9.13. The van der Waals surface area contributed by atoms with Crippen LogP contribution < -0.4 is 0 Å². The van der Waals surface area contributed by atoms with Crippen LogP contribution in [0.25, 0.3) is 5.57 Å². The van der Waals surface area contributed by atoms with E-state index in [0.29, 0.717) is 0 Å². The normalized spacial score (nSPS) is 23.6. The molecule has 2 aliphatic rings. The Morgan fingerprint density at radius 1 is 1.10 bits per heavy atom. The maximum absolute atomic E-state index is 9.19. The molecular weight excluding hydrogens is 262 g/mol. The van der Waals surface area contributed by atoms with E-state index in [9.17, 15) is 5.11 Å². The number of allylic oxidation sites excluding steroid dienone is 2. The number of hydrogen-bond donors (Lipinski definition) is 2. The number of benzene rings is 1. The van der Waals surface area contributed by atoms with Gasteiger partial charge in [0, 0.05) is 5.92 Å². The largest absolute Gasteiger partial charge is 0.411 e. The van der Waals surface area contributed by atoms with Crippen LogP contribution in [0.2, 0.25) is 0 Å². The zero-order chi connectivity index (χ0) is 14.7. The monoisotopic (exact) mass is 285 g/mol. The highest BCUT2D eigenvalue weighted by Gasteiger charge is 2.31. The maximum Gasteiger partial charge on any atom is 0.0681 e. The van der Waals surface area contributed by atoms with Crippen LogP contribution in [0, 0.1) is 11.8 Å². The van der Waals surface area contributed by atoms with Crippen molar-refractivity contribution in [3.05, 3.63) is 41.0 Å². The molecule has 112 valence electrons. The fraction of sp³-hybridized carbons (Fsp3) is 0.500. The molecule has 0 saturated heterocycles. The Labute approximate surface area is 126 Å². The second kappa shape index (κ2) is 6.44. The molecule has 0 aromatic heterocycles. The van der Waals surface area contributed by atoms with Crippen LogP contribution in [0.5, 0.6) is 0 Å². The van der Waals surface area contributed by atoms with Crippen LogP contribution >= 0.6 is 0 Å². The summed E-state index contributed by atoms with van der Waals surface area (Å²) >= 11 is 0. The summed E-state index contributed by atoms with van der Waals surface area (Å²) in [5.41, 5.74) is 5.10. The first-order chi connectivity index (χ1) is 10.3. The van der Waals surface area contributed by atoms with Gasteiger partial charge in [0.25, 0.3) is 0 Å². The van der Waals surface area contributed by atoms with E-state index in [1.165, 1.54) is 36.8 Å². The maximum atomic E-state index is 9.19. The number of nitrogens with zero attached hydrogens (tertiary/aromatic N) is 1. The summed E-state index contributed by atoms with van der Waals surface area (Å²) in [7, 11) is 0. The van der Waals surface area contributed by atoms with Crippen molar-refractivity contribution >= 4 is 11.8 Å². The van der Waals surface area contributed by atoms with E-state index in [1.807, 2.05) is 12.1 Å². The summed E-state index contributed by atoms with van der Waals surface area (Å²) in [6.45, 7) is 0.0797. The van der Waals surface area contributed by atoms with Gasteiger partial charge in [0.1, 0.15) is 0 Å². The van der Waals surface area contributed by atoms with Gasteiger partial charge in [0.2, 0.25) is 0 Å². The molecule has 3 heteroatoms. The lowest BCUT2D eigenvalue weighted by atomic mass is 9.88. The summed E-state index contributed by atoms with van der Waals surface area (Å²) in [5.74, 6) is 0.945. The molecule has 3 nitrogen and oxygen atoms in total. The average Bonchev–Trinajstić information content (AvgIpc) is 3.17. The van der Waals surface area contributed by atoms with E-state index in [0.717, 1.165) is 24.3 Å². The Morgan fingerprint density at radius 3 is 2.43 bits per heavy atom. The number of hydrogen-bond acceptors (Lipinski definition) is 3. The Hall–Kier alpha value is -1.61. The predicted molar refractivity (Wildman–Crippen MR) is 84.2 cm³/mol. The Bertz CT molecular complexity index is 539. The predicted octanol–water partition coefficient (Wildman–Crippen LogP) is 3.99. The van der Waals surface area contributed by atoms with Crippen molar-refractivity contribution in [1.29, 1.82) is 0 Å². The van der Waals surface area contributed by atoms with E-state index in [4.69, 9.17) is 5.21 Å². The van der Waals surface area contributed by atoms with Crippen molar-refractivity contribution in [3.8, 4) is 0 Å². The van der Waals surface area contributed by atoms with E-state index in [1.54, 1.807) is 11.8 Å². The van der Waals surface area contributed by atoms with Gasteiger partial charge in [0.05, 0.1) is 12.8 Å². The topological polar surface area (TPSA) is 52.8 Å². The van der Waals surface area contributed by atoms with Gasteiger partial charge in [-0.1, -0.05) is 42.7 Å². The van der Waals surface area contributed by atoms with Gasteiger partial charge in [-0.2, -0.15) is 0 Å². The standard InChI is InChI=1S/C18H23NO2/c20-12-13-5-7-15(8-6-13)18-16(11-19-21)9-10-17(18)14-3-1-2-4-14/h5-8,11,14,16,20-21H,1-4,9-10,12H2. The lowest BCUT2D eigenvalue weighted by Crippen LogP contribution is -2.03. The quantitative estimate of drug-likeness (QED) is 0.499. The molecule has 0 amide bonds. The first kappa shape index (κ1) is 14.3. The summed E-state index contributed by atoms with van der Waals surface area (Å²) in [5, 5.41) is 21.4. The summed E-state index contributed by atoms with van der Waals surface area (Å²) < 4.78 is 0. The van der Waals surface area contributed by atoms with Gasteiger partial charge in [-0.3, -0.25) is 0 Å². The Kier molecular flexibility index (Phi) is 4.39. The van der Waals surface area contributed by atoms with Crippen molar-refractivity contribution in [3.63, 3.8) is 0 Å². The number of oxime groups is 1. The highest BCUT2D eigenvalue weighted by molar-refractivity contribution is 5.86. The van der Waals surface area contributed by atoms with Crippen LogP contribution in [0.1, 0.15) is 49.7 Å². The first-order valence-electron chi connectivity index (χ1n) is 7.94. The van der Waals surface area contributed by atoms with Crippen LogP contribution in [0.4, 0.5) is 0 Å². The molecule has 0 heterocycles. The first-order valence-corrected chi connectivity index (χ1v) is 7.94. The lowest BCUT2D eigenvalue weighted by molar-refractivity contribution is 0.282. The van der Waals surface area contributed by atoms with Crippen LogP contribution in [0.15, 0.2) is 35.0 Å². The summed E-state index contributed by atoms with van der Waals surface area (Å²) in [6, 6.07) is 8.17. The van der Waals surface area contributed by atoms with E-state index in [-0.39, 0.29) is 12.5 Å². The number of rotatable bonds is 4. The zero-order valence-corrected chi connectivity index (χ0v) is 12.3. The van der Waals surface area contributed by atoms with Gasteiger partial charge in [-0.05, 0) is 48.3 Å². The number of aliphatic hydroxyl groups is 1. The molecule has 0 spiro atoms. The third-order valence-electron chi connectivity index (χ3n) is 4.98. The molecule has 1 aromatic carbocycles. The van der Waals surface area contributed by atoms with Crippen molar-refractivity contribution in [2.24, 2.45) is 17.0 Å². The molecule has 2 N–H and O–H groups in total. The molecule has 1 unspecified atom stereocenters. The molecule has 1 aromatic rings. The zero-order valence-electron chi connectivity index (χ0n) is 12.3. The van der Waals surface area contributed by atoms with Crippen molar-refractivity contribution in [1.82, 2.24) is 0 Å². The Morgan fingerprint density at radius 2 is 1.81 bits per heavy atom. The lowest BCUT2D eigenvalue weighted by Gasteiger charge is -2.17. The average molecular weight is 285 g/mol. The van der Waals surface area contributed by atoms with Crippen molar-refractivity contribution < 1.29 is 10.3 Å². The van der Waals surface area contributed by atoms with Crippen molar-refractivity contribution in [2.45, 2.75) is 45.1 Å². The minimum Gasteiger partial charge on any atom is -0.411 e. The van der Waals surface area contributed by atoms with Gasteiger partial charge in [-0.15, -0.1) is 5.16 Å².